The van der Waals surface area contributed by atoms with Crippen molar-refractivity contribution in [3.05, 3.63) is 23.0 Å². The van der Waals surface area contributed by atoms with Gasteiger partial charge in [-0.1, -0.05) is 5.16 Å². The molecule has 0 aromatic rings. The number of oxime groups is 1. The summed E-state index contributed by atoms with van der Waals surface area (Å²) >= 11 is 0. The lowest BCUT2D eigenvalue weighted by molar-refractivity contribution is 0.0874. The van der Waals surface area contributed by atoms with Gasteiger partial charge in [-0.2, -0.15) is 19.7 Å². The zero-order valence-corrected chi connectivity index (χ0v) is 11.0. The number of nitrogens with zero attached hydrogens (tertiary/aromatic N) is 2. The largest absolute Gasteiger partial charge is 0.393 e. The van der Waals surface area contributed by atoms with Gasteiger partial charge in [0.05, 0.1) is 6.21 Å². The predicted octanol–water partition coefficient (Wildman–Crippen LogP) is 3.75. The van der Waals surface area contributed by atoms with Crippen LogP contribution >= 0.6 is 10.9 Å². The average molecular weight is 280 g/mol. The van der Waals surface area contributed by atoms with Crippen LogP contribution in [0.3, 0.4) is 0 Å². The molecule has 0 saturated carbocycles. The van der Waals surface area contributed by atoms with Gasteiger partial charge in [-0.15, -0.1) is 0 Å². The van der Waals surface area contributed by atoms with Gasteiger partial charge < -0.3 is 4.84 Å². The van der Waals surface area contributed by atoms with Crippen molar-refractivity contribution < 1.29 is 18.0 Å². The molecule has 0 fully saturated rings. The van der Waals surface area contributed by atoms with Crippen molar-refractivity contribution in [1.82, 2.24) is 0 Å². The van der Waals surface area contributed by atoms with Crippen LogP contribution in [0.15, 0.2) is 33.2 Å². The van der Waals surface area contributed by atoms with E-state index in [1.807, 2.05) is 13.8 Å². The van der Waals surface area contributed by atoms with Gasteiger partial charge in [0.15, 0.2) is 5.83 Å². The summed E-state index contributed by atoms with van der Waals surface area (Å²) in [6.07, 6.45) is 0.536. The second-order valence-corrected chi connectivity index (χ2v) is 5.95. The molecule has 0 aromatic heterocycles. The van der Waals surface area contributed by atoms with Gasteiger partial charge in [-0.25, -0.2) is 4.39 Å². The zero-order valence-electron chi connectivity index (χ0n) is 10.1. The first-order valence-corrected chi connectivity index (χ1v) is 6.99. The van der Waals surface area contributed by atoms with Crippen LogP contribution in [0.5, 0.6) is 0 Å². The summed E-state index contributed by atoms with van der Waals surface area (Å²) in [5.74, 6) is -1.06. The number of hydrogen-bond acceptors (Lipinski definition) is 3. The Morgan fingerprint density at radius 1 is 1.50 bits per heavy atom. The Bertz CT molecular complexity index is 401. The van der Waals surface area contributed by atoms with Crippen molar-refractivity contribution in [3.8, 4) is 0 Å². The third-order valence-corrected chi connectivity index (χ3v) is 3.99. The molecule has 1 rings (SSSR count). The maximum absolute atomic E-state index is 12.7. The third-order valence-electron chi connectivity index (χ3n) is 1.98. The van der Waals surface area contributed by atoms with E-state index in [1.165, 1.54) is 6.21 Å². The van der Waals surface area contributed by atoms with Gasteiger partial charge >= 0.3 is 6.08 Å². The highest BCUT2D eigenvalue weighted by Gasteiger charge is 2.13. The topological polar surface area (TPSA) is 34.0 Å². The smallest absolute Gasteiger partial charge is 0.301 e. The lowest BCUT2D eigenvalue weighted by Gasteiger charge is -2.12. The highest BCUT2D eigenvalue weighted by atomic mass is 32.2. The number of thiol groups is 1. The quantitative estimate of drug-likeness (QED) is 0.449. The van der Waals surface area contributed by atoms with Crippen molar-refractivity contribution in [2.45, 2.75) is 26.4 Å². The molecule has 0 aliphatic carbocycles. The van der Waals surface area contributed by atoms with Crippen molar-refractivity contribution in [2.75, 3.05) is 5.75 Å². The highest BCUT2D eigenvalue weighted by Crippen LogP contribution is 2.37. The number of allylic oxidation sites excluding steroid dienone is 2. The zero-order chi connectivity index (χ0) is 13.5. The summed E-state index contributed by atoms with van der Waals surface area (Å²) in [5.41, 5.74) is 1.65. The maximum Gasteiger partial charge on any atom is 0.301 e. The van der Waals surface area contributed by atoms with E-state index in [4.69, 9.17) is 4.84 Å². The van der Waals surface area contributed by atoms with E-state index in [0.29, 0.717) is 5.75 Å². The van der Waals surface area contributed by atoms with Crippen LogP contribution in [-0.4, -0.2) is 23.6 Å². The Hall–Kier alpha value is -1.24. The molecular weight excluding hydrogens is 265 g/mol. The fraction of sp³-hybridized carbons (Fsp3) is 0.455. The number of aliphatic imine (C=N–C) groups is 1. The number of rotatable bonds is 6. The summed E-state index contributed by atoms with van der Waals surface area (Å²) in [7, 11) is -0.864. The Labute approximate surface area is 106 Å². The molecule has 1 aliphatic rings. The maximum atomic E-state index is 12.7. The Morgan fingerprint density at radius 3 is 2.83 bits per heavy atom. The molecule has 0 N–H and O–H groups in total. The van der Waals surface area contributed by atoms with Gasteiger partial charge in [0, 0.05) is 23.1 Å². The number of halogens is 3. The van der Waals surface area contributed by atoms with E-state index in [2.05, 4.69) is 10.1 Å². The third kappa shape index (κ3) is 4.95. The van der Waals surface area contributed by atoms with Gasteiger partial charge in [0.25, 0.3) is 0 Å². The summed E-state index contributed by atoms with van der Waals surface area (Å²) in [5, 5.41) is 3.75. The van der Waals surface area contributed by atoms with Crippen molar-refractivity contribution >= 4 is 22.7 Å². The molecule has 1 unspecified atom stereocenters. The summed E-state index contributed by atoms with van der Waals surface area (Å²) in [6.45, 7) is 3.67. The van der Waals surface area contributed by atoms with Gasteiger partial charge in [-0.05, 0) is 19.6 Å². The molecule has 7 heteroatoms. The minimum atomic E-state index is -2.25. The van der Waals surface area contributed by atoms with E-state index in [1.54, 1.807) is 11.7 Å². The van der Waals surface area contributed by atoms with Crippen molar-refractivity contribution in [1.29, 1.82) is 0 Å². The lowest BCUT2D eigenvalue weighted by Crippen LogP contribution is -1.98. The van der Waals surface area contributed by atoms with E-state index in [9.17, 15) is 13.2 Å². The van der Waals surface area contributed by atoms with Gasteiger partial charge in [0.2, 0.25) is 0 Å². The second kappa shape index (κ2) is 7.25. The minimum absolute atomic E-state index is 0.0311. The monoisotopic (exact) mass is 280 g/mol. The summed E-state index contributed by atoms with van der Waals surface area (Å²) < 4.78 is 36.5. The fourth-order valence-corrected chi connectivity index (χ4v) is 2.73. The highest BCUT2D eigenvalue weighted by molar-refractivity contribution is 8.32. The van der Waals surface area contributed by atoms with Crippen LogP contribution in [0.25, 0.3) is 0 Å². The van der Waals surface area contributed by atoms with Crippen LogP contribution in [-0.2, 0) is 4.84 Å². The SMILES string of the molecule is CC(C)O/N=C/C1=CN=C[SH]1CCC(F)=C(F)F. The molecule has 18 heavy (non-hydrogen) atoms. The van der Waals surface area contributed by atoms with Crippen molar-refractivity contribution in [2.24, 2.45) is 10.1 Å². The van der Waals surface area contributed by atoms with Crippen LogP contribution < -0.4 is 0 Å². The first-order chi connectivity index (χ1) is 8.50. The predicted molar refractivity (Wildman–Crippen MR) is 70.1 cm³/mol. The first kappa shape index (κ1) is 14.8. The average Bonchev–Trinajstić information content (AvgIpc) is 2.73. The summed E-state index contributed by atoms with van der Waals surface area (Å²) in [4.78, 5) is 9.72. The molecule has 0 bridgehead atoms. The molecule has 0 spiro atoms. The molecule has 1 atom stereocenters. The van der Waals surface area contributed by atoms with Crippen LogP contribution in [0.2, 0.25) is 0 Å². The van der Waals surface area contributed by atoms with Crippen molar-refractivity contribution in [3.63, 3.8) is 0 Å². The van der Waals surface area contributed by atoms with E-state index < -0.39 is 22.8 Å². The molecular formula is C11H15F3N2OS. The molecule has 3 nitrogen and oxygen atoms in total. The molecule has 0 saturated heterocycles. The summed E-state index contributed by atoms with van der Waals surface area (Å²) in [6, 6.07) is 0. The standard InChI is InChI=1S/C11H15F3N2OS/c1-8(2)17-16-6-9-5-15-7-18(9)4-3-10(12)11(13)14/h5-8,18H,3-4H2,1-2H3/b16-6+. The Kier molecular flexibility index (Phi) is 5.97. The van der Waals surface area contributed by atoms with E-state index >= 15 is 0 Å². The minimum Gasteiger partial charge on any atom is -0.393 e. The first-order valence-electron chi connectivity index (χ1n) is 5.39. The van der Waals surface area contributed by atoms with Crippen LogP contribution in [0.1, 0.15) is 20.3 Å². The lowest BCUT2D eigenvalue weighted by atomic mass is 10.4. The normalized spacial score (nSPS) is 20.6. The second-order valence-electron chi connectivity index (χ2n) is 3.82. The number of hydrogen-bond donors (Lipinski definition) is 1. The molecule has 0 aromatic carbocycles. The molecule has 0 radical (unpaired) electrons. The Balaban J connectivity index is 2.47. The molecule has 0 amide bonds. The Morgan fingerprint density at radius 2 is 2.22 bits per heavy atom. The van der Waals surface area contributed by atoms with E-state index in [0.717, 1.165) is 4.91 Å². The molecule has 102 valence electrons. The van der Waals surface area contributed by atoms with Gasteiger partial charge in [0.1, 0.15) is 6.10 Å². The van der Waals surface area contributed by atoms with E-state index in [-0.39, 0.29) is 12.5 Å². The molecule has 1 aliphatic heterocycles. The fourth-order valence-electron chi connectivity index (χ4n) is 1.14. The van der Waals surface area contributed by atoms with Crippen LogP contribution in [0.4, 0.5) is 13.2 Å². The van der Waals surface area contributed by atoms with Gasteiger partial charge in [-0.3, -0.25) is 4.99 Å². The molecule has 1 heterocycles. The van der Waals surface area contributed by atoms with Crippen LogP contribution in [0, 0.1) is 0 Å².